The molecule has 0 atom stereocenters. The molecule has 0 aromatic heterocycles. The van der Waals surface area contributed by atoms with Crippen molar-refractivity contribution in [2.75, 3.05) is 13.7 Å². The molecule has 0 bridgehead atoms. The molecule has 0 heterocycles. The second kappa shape index (κ2) is 6.65. The molecule has 2 aromatic carbocycles. The summed E-state index contributed by atoms with van der Waals surface area (Å²) in [5.74, 6) is 0.254. The summed E-state index contributed by atoms with van der Waals surface area (Å²) in [7, 11) is 1.49. The molecule has 0 saturated heterocycles. The second-order valence-corrected chi connectivity index (χ2v) is 4.56. The standard InChI is InChI=1S/C16H17NO4/c1-21-13-6-7-14(15(19)10-13)16(20)17-9-8-11-2-4-12(18)5-3-11/h2-7,10,18-19H,8-9H2,1H3,(H,17,20). The van der Waals surface area contributed by atoms with Gasteiger partial charge in [0.25, 0.3) is 5.91 Å². The molecule has 2 rings (SSSR count). The molecule has 0 aliphatic carbocycles. The lowest BCUT2D eigenvalue weighted by Gasteiger charge is -2.08. The van der Waals surface area contributed by atoms with Crippen molar-refractivity contribution in [2.45, 2.75) is 6.42 Å². The van der Waals surface area contributed by atoms with Gasteiger partial charge in [-0.3, -0.25) is 4.79 Å². The number of aromatic hydroxyl groups is 2. The van der Waals surface area contributed by atoms with E-state index in [4.69, 9.17) is 4.74 Å². The summed E-state index contributed by atoms with van der Waals surface area (Å²) in [5.41, 5.74) is 1.22. The van der Waals surface area contributed by atoms with Crippen molar-refractivity contribution in [3.8, 4) is 17.2 Å². The minimum absolute atomic E-state index is 0.114. The van der Waals surface area contributed by atoms with E-state index in [2.05, 4.69) is 5.32 Å². The van der Waals surface area contributed by atoms with E-state index in [1.54, 1.807) is 30.3 Å². The Morgan fingerprint density at radius 1 is 1.14 bits per heavy atom. The highest BCUT2D eigenvalue weighted by atomic mass is 16.5. The maximum Gasteiger partial charge on any atom is 0.255 e. The Morgan fingerprint density at radius 3 is 2.48 bits per heavy atom. The van der Waals surface area contributed by atoms with Crippen LogP contribution in [0.4, 0.5) is 0 Å². The maximum absolute atomic E-state index is 12.0. The Morgan fingerprint density at radius 2 is 1.86 bits per heavy atom. The first-order chi connectivity index (χ1) is 10.1. The van der Waals surface area contributed by atoms with Crippen LogP contribution in [-0.2, 0) is 6.42 Å². The third-order valence-electron chi connectivity index (χ3n) is 3.09. The van der Waals surface area contributed by atoms with Gasteiger partial charge in [-0.05, 0) is 36.2 Å². The normalized spacial score (nSPS) is 10.1. The lowest BCUT2D eigenvalue weighted by molar-refractivity contribution is 0.0951. The van der Waals surface area contributed by atoms with Gasteiger partial charge in [0.05, 0.1) is 12.7 Å². The number of nitrogens with one attached hydrogen (secondary N) is 1. The fourth-order valence-electron chi connectivity index (χ4n) is 1.91. The Kier molecular flexibility index (Phi) is 4.66. The zero-order chi connectivity index (χ0) is 15.2. The van der Waals surface area contributed by atoms with Gasteiger partial charge in [-0.1, -0.05) is 12.1 Å². The molecular weight excluding hydrogens is 270 g/mol. The molecular formula is C16H17NO4. The highest BCUT2D eigenvalue weighted by Gasteiger charge is 2.11. The van der Waals surface area contributed by atoms with E-state index in [-0.39, 0.29) is 23.0 Å². The summed E-state index contributed by atoms with van der Waals surface area (Å²) in [6.45, 7) is 0.440. The van der Waals surface area contributed by atoms with Crippen LogP contribution < -0.4 is 10.1 Å². The Bertz CT molecular complexity index is 623. The van der Waals surface area contributed by atoms with Crippen LogP contribution in [0.1, 0.15) is 15.9 Å². The summed E-state index contributed by atoms with van der Waals surface area (Å²) in [6, 6.07) is 11.3. The molecule has 0 aliphatic heterocycles. The van der Waals surface area contributed by atoms with Gasteiger partial charge in [0.2, 0.25) is 0 Å². The summed E-state index contributed by atoms with van der Waals surface area (Å²) in [6.07, 6.45) is 0.642. The molecule has 0 spiro atoms. The van der Waals surface area contributed by atoms with Crippen molar-refractivity contribution in [1.29, 1.82) is 0 Å². The predicted molar refractivity (Wildman–Crippen MR) is 78.8 cm³/mol. The van der Waals surface area contributed by atoms with Crippen molar-refractivity contribution < 1.29 is 19.7 Å². The minimum Gasteiger partial charge on any atom is -0.508 e. The number of carbonyl (C=O) groups excluding carboxylic acids is 1. The number of amides is 1. The van der Waals surface area contributed by atoms with Crippen LogP contribution in [0.3, 0.4) is 0 Å². The first-order valence-corrected chi connectivity index (χ1v) is 6.53. The third-order valence-corrected chi connectivity index (χ3v) is 3.09. The first-order valence-electron chi connectivity index (χ1n) is 6.53. The van der Waals surface area contributed by atoms with E-state index >= 15 is 0 Å². The number of hydrogen-bond acceptors (Lipinski definition) is 4. The largest absolute Gasteiger partial charge is 0.508 e. The van der Waals surface area contributed by atoms with E-state index in [1.807, 2.05) is 0 Å². The lowest BCUT2D eigenvalue weighted by Crippen LogP contribution is -2.25. The van der Waals surface area contributed by atoms with Gasteiger partial charge in [-0.15, -0.1) is 0 Å². The zero-order valence-corrected chi connectivity index (χ0v) is 11.7. The second-order valence-electron chi connectivity index (χ2n) is 4.56. The van der Waals surface area contributed by atoms with Crippen molar-refractivity contribution in [1.82, 2.24) is 5.32 Å². The molecule has 0 aliphatic rings. The molecule has 2 aromatic rings. The fraction of sp³-hybridized carbons (Fsp3) is 0.188. The first kappa shape index (κ1) is 14.7. The van der Waals surface area contributed by atoms with Crippen LogP contribution in [0.5, 0.6) is 17.2 Å². The van der Waals surface area contributed by atoms with Gasteiger partial charge in [-0.2, -0.15) is 0 Å². The minimum atomic E-state index is -0.339. The number of hydrogen-bond donors (Lipinski definition) is 3. The number of ether oxygens (including phenoxy) is 1. The van der Waals surface area contributed by atoms with E-state index in [0.717, 1.165) is 5.56 Å². The highest BCUT2D eigenvalue weighted by molar-refractivity contribution is 5.97. The van der Waals surface area contributed by atoms with Gasteiger partial charge in [0.1, 0.15) is 17.2 Å². The smallest absolute Gasteiger partial charge is 0.255 e. The predicted octanol–water partition coefficient (Wildman–Crippen LogP) is 2.08. The average molecular weight is 287 g/mol. The monoisotopic (exact) mass is 287 g/mol. The molecule has 3 N–H and O–H groups in total. The van der Waals surface area contributed by atoms with Gasteiger partial charge >= 0.3 is 0 Å². The van der Waals surface area contributed by atoms with Crippen LogP contribution in [0.15, 0.2) is 42.5 Å². The summed E-state index contributed by atoms with van der Waals surface area (Å²) >= 11 is 0. The molecule has 0 saturated carbocycles. The van der Waals surface area contributed by atoms with Gasteiger partial charge in [-0.25, -0.2) is 0 Å². The number of methoxy groups -OCH3 is 1. The van der Waals surface area contributed by atoms with E-state index in [1.165, 1.54) is 19.2 Å². The van der Waals surface area contributed by atoms with Crippen LogP contribution in [-0.4, -0.2) is 29.8 Å². The van der Waals surface area contributed by atoms with Gasteiger partial charge in [0, 0.05) is 12.6 Å². The van der Waals surface area contributed by atoms with E-state index in [9.17, 15) is 15.0 Å². The van der Waals surface area contributed by atoms with Gasteiger partial charge < -0.3 is 20.3 Å². The molecule has 0 fully saturated rings. The van der Waals surface area contributed by atoms with Crippen LogP contribution >= 0.6 is 0 Å². The molecule has 0 unspecified atom stereocenters. The number of carbonyl (C=O) groups is 1. The van der Waals surface area contributed by atoms with Crippen molar-refractivity contribution in [3.63, 3.8) is 0 Å². The number of benzene rings is 2. The van der Waals surface area contributed by atoms with Crippen LogP contribution in [0, 0.1) is 0 Å². The summed E-state index contributed by atoms with van der Waals surface area (Å²) in [4.78, 5) is 12.0. The number of rotatable bonds is 5. The maximum atomic E-state index is 12.0. The van der Waals surface area contributed by atoms with Gasteiger partial charge in [0.15, 0.2) is 0 Å². The van der Waals surface area contributed by atoms with Crippen molar-refractivity contribution in [3.05, 3.63) is 53.6 Å². The van der Waals surface area contributed by atoms with E-state index < -0.39 is 0 Å². The molecule has 21 heavy (non-hydrogen) atoms. The Balaban J connectivity index is 1.91. The molecule has 1 amide bonds. The van der Waals surface area contributed by atoms with E-state index in [0.29, 0.717) is 18.7 Å². The Labute approximate surface area is 122 Å². The van der Waals surface area contributed by atoms with Crippen molar-refractivity contribution >= 4 is 5.91 Å². The zero-order valence-electron chi connectivity index (χ0n) is 11.7. The quantitative estimate of drug-likeness (QED) is 0.786. The van der Waals surface area contributed by atoms with Crippen molar-refractivity contribution in [2.24, 2.45) is 0 Å². The molecule has 110 valence electrons. The van der Waals surface area contributed by atoms with Crippen LogP contribution in [0.2, 0.25) is 0 Å². The number of phenolic OH excluding ortho intramolecular Hbond substituents is 2. The lowest BCUT2D eigenvalue weighted by atomic mass is 10.1. The fourth-order valence-corrected chi connectivity index (χ4v) is 1.91. The molecule has 5 heteroatoms. The molecule has 0 radical (unpaired) electrons. The summed E-state index contributed by atoms with van der Waals surface area (Å²) < 4.78 is 4.97. The SMILES string of the molecule is COc1ccc(C(=O)NCCc2ccc(O)cc2)c(O)c1. The molecule has 5 nitrogen and oxygen atoms in total. The Hall–Kier alpha value is -2.69. The number of phenols is 2. The highest BCUT2D eigenvalue weighted by Crippen LogP contribution is 2.23. The summed E-state index contributed by atoms with van der Waals surface area (Å²) in [5, 5.41) is 21.7. The third kappa shape index (κ3) is 3.89. The van der Waals surface area contributed by atoms with Crippen LogP contribution in [0.25, 0.3) is 0 Å². The topological polar surface area (TPSA) is 78.8 Å². The average Bonchev–Trinajstić information content (AvgIpc) is 2.49.